The van der Waals surface area contributed by atoms with Gasteiger partial charge in [0.05, 0.1) is 0 Å². The SMILES string of the molecule is CC(C)(C)c1ccc2c(c1)B1c3ccc(C(C)(C)C)cc3N(c3ccc(-c4ccccc4)cc3)c3cc(C(C)(C)C)cc(c31)N2c1ccc(-c2cccc3oc4ccccc4c23)cc1. The van der Waals surface area contributed by atoms with E-state index < -0.39 is 0 Å². The highest BCUT2D eigenvalue weighted by atomic mass is 16.3. The molecule has 0 N–H and O–H groups in total. The van der Waals surface area contributed by atoms with Crippen LogP contribution in [0, 0.1) is 0 Å². The van der Waals surface area contributed by atoms with E-state index in [-0.39, 0.29) is 23.0 Å². The van der Waals surface area contributed by atoms with E-state index in [1.807, 2.05) is 6.07 Å². The summed E-state index contributed by atoms with van der Waals surface area (Å²) in [6.45, 7) is 21.0. The number of rotatable bonds is 4. The van der Waals surface area contributed by atoms with E-state index in [4.69, 9.17) is 4.42 Å². The molecule has 0 spiro atoms. The predicted octanol–water partition coefficient (Wildman–Crippen LogP) is 14.9. The smallest absolute Gasteiger partial charge is 0.252 e. The standard InChI is InChI=1S/C60H55BN2O/c1-58(2,3)41-27-33-50-49(34-41)61-48-32-26-42(59(4,5)6)35-51(48)63(45-28-22-39(23-29-45)38-16-11-10-12-17-38)53-37-43(60(7,8)9)36-52(57(53)61)62(50)44-30-24-40(25-31-44)46-19-15-21-55-56(46)47-18-13-14-20-54(47)64-55/h10-37H,1-9H3. The Morgan fingerprint density at radius 1 is 0.391 bits per heavy atom. The van der Waals surface area contributed by atoms with Gasteiger partial charge in [0.25, 0.3) is 6.71 Å². The summed E-state index contributed by atoms with van der Waals surface area (Å²) in [6.07, 6.45) is 0. The van der Waals surface area contributed by atoms with Crippen molar-refractivity contribution in [2.75, 3.05) is 9.80 Å². The van der Waals surface area contributed by atoms with Crippen LogP contribution in [0.1, 0.15) is 79.0 Å². The van der Waals surface area contributed by atoms with Gasteiger partial charge in [-0.2, -0.15) is 0 Å². The van der Waals surface area contributed by atoms with Crippen LogP contribution in [0.15, 0.2) is 174 Å². The molecule has 0 fully saturated rings. The van der Waals surface area contributed by atoms with Crippen LogP contribution in [0.2, 0.25) is 0 Å². The lowest BCUT2D eigenvalue weighted by atomic mass is 9.33. The third-order valence-electron chi connectivity index (χ3n) is 13.7. The van der Waals surface area contributed by atoms with E-state index >= 15 is 0 Å². The molecule has 0 bridgehead atoms. The normalized spacial score (nSPS) is 13.6. The molecule has 3 heterocycles. The average Bonchev–Trinajstić information content (AvgIpc) is 3.67. The van der Waals surface area contributed by atoms with Gasteiger partial charge in [0.15, 0.2) is 0 Å². The van der Waals surface area contributed by atoms with Crippen LogP contribution in [-0.4, -0.2) is 6.71 Å². The van der Waals surface area contributed by atoms with Crippen molar-refractivity contribution in [1.29, 1.82) is 0 Å². The highest BCUT2D eigenvalue weighted by molar-refractivity contribution is 7.00. The first-order valence-electron chi connectivity index (χ1n) is 22.9. The molecule has 2 aliphatic rings. The Bertz CT molecular complexity index is 3270. The molecule has 64 heavy (non-hydrogen) atoms. The Morgan fingerprint density at radius 2 is 0.922 bits per heavy atom. The van der Waals surface area contributed by atoms with Crippen LogP contribution >= 0.6 is 0 Å². The van der Waals surface area contributed by atoms with Gasteiger partial charge in [-0.15, -0.1) is 0 Å². The number of para-hydroxylation sites is 1. The maximum absolute atomic E-state index is 6.32. The van der Waals surface area contributed by atoms with Gasteiger partial charge in [-0.25, -0.2) is 0 Å². The quantitative estimate of drug-likeness (QED) is 0.165. The fraction of sp³-hybridized carbons (Fsp3) is 0.200. The largest absolute Gasteiger partial charge is 0.456 e. The van der Waals surface area contributed by atoms with Crippen LogP contribution in [0.4, 0.5) is 34.1 Å². The average molecular weight is 831 g/mol. The molecular weight excluding hydrogens is 775 g/mol. The second-order valence-corrected chi connectivity index (χ2v) is 21.1. The van der Waals surface area contributed by atoms with E-state index in [1.165, 1.54) is 78.1 Å². The summed E-state index contributed by atoms with van der Waals surface area (Å²) < 4.78 is 6.32. The molecule has 0 radical (unpaired) electrons. The van der Waals surface area contributed by atoms with Crippen molar-refractivity contribution >= 4 is 79.2 Å². The summed E-state index contributed by atoms with van der Waals surface area (Å²) in [7, 11) is 0. The summed E-state index contributed by atoms with van der Waals surface area (Å²) in [6, 6.07) is 63.5. The molecule has 3 nitrogen and oxygen atoms in total. The number of anilines is 6. The molecule has 0 saturated carbocycles. The number of fused-ring (bicyclic) bond motifs is 7. The number of benzene rings is 8. The Hall–Kier alpha value is -6.78. The molecule has 8 aromatic carbocycles. The number of hydrogen-bond donors (Lipinski definition) is 0. The van der Waals surface area contributed by atoms with E-state index in [2.05, 4.69) is 236 Å². The molecule has 1 aromatic heterocycles. The Morgan fingerprint density at radius 3 is 1.58 bits per heavy atom. The topological polar surface area (TPSA) is 19.6 Å². The zero-order valence-electron chi connectivity index (χ0n) is 38.5. The fourth-order valence-electron chi connectivity index (χ4n) is 10.2. The lowest BCUT2D eigenvalue weighted by Gasteiger charge is -2.45. The molecule has 0 saturated heterocycles. The summed E-state index contributed by atoms with van der Waals surface area (Å²) in [4.78, 5) is 5.12. The van der Waals surface area contributed by atoms with Crippen molar-refractivity contribution in [3.05, 3.63) is 187 Å². The van der Waals surface area contributed by atoms with Crippen LogP contribution in [0.25, 0.3) is 44.2 Å². The van der Waals surface area contributed by atoms with Gasteiger partial charge in [0, 0.05) is 44.9 Å². The summed E-state index contributed by atoms with van der Waals surface area (Å²) >= 11 is 0. The van der Waals surface area contributed by atoms with Crippen LogP contribution < -0.4 is 26.2 Å². The van der Waals surface area contributed by atoms with Crippen LogP contribution in [0.5, 0.6) is 0 Å². The summed E-state index contributed by atoms with van der Waals surface area (Å²) in [5.41, 5.74) is 21.6. The zero-order valence-corrected chi connectivity index (χ0v) is 38.5. The fourth-order valence-corrected chi connectivity index (χ4v) is 10.2. The van der Waals surface area contributed by atoms with Crippen molar-refractivity contribution in [2.24, 2.45) is 0 Å². The molecule has 0 unspecified atom stereocenters. The first-order valence-corrected chi connectivity index (χ1v) is 22.9. The van der Waals surface area contributed by atoms with Gasteiger partial charge >= 0.3 is 0 Å². The monoisotopic (exact) mass is 830 g/mol. The molecule has 2 aliphatic heterocycles. The Kier molecular flexibility index (Phi) is 8.99. The lowest BCUT2D eigenvalue weighted by molar-refractivity contribution is 0.589. The second-order valence-electron chi connectivity index (χ2n) is 21.1. The van der Waals surface area contributed by atoms with E-state index in [0.717, 1.165) is 33.3 Å². The molecular formula is C60H55BN2O. The molecule has 0 atom stereocenters. The summed E-state index contributed by atoms with van der Waals surface area (Å²) in [5.74, 6) is 0. The highest BCUT2D eigenvalue weighted by Crippen LogP contribution is 2.48. The minimum atomic E-state index is -0.116. The first kappa shape index (κ1) is 40.0. The molecule has 9 aromatic rings. The lowest BCUT2D eigenvalue weighted by Crippen LogP contribution is -2.61. The van der Waals surface area contributed by atoms with Crippen molar-refractivity contribution < 1.29 is 4.42 Å². The van der Waals surface area contributed by atoms with Crippen molar-refractivity contribution in [1.82, 2.24) is 0 Å². The van der Waals surface area contributed by atoms with Gasteiger partial charge in [-0.1, -0.05) is 172 Å². The second kappa shape index (κ2) is 14.4. The van der Waals surface area contributed by atoms with Gasteiger partial charge in [0.2, 0.25) is 0 Å². The van der Waals surface area contributed by atoms with E-state index in [9.17, 15) is 0 Å². The number of furan rings is 1. The van der Waals surface area contributed by atoms with Gasteiger partial charge in [-0.05, 0) is 132 Å². The third-order valence-corrected chi connectivity index (χ3v) is 13.7. The van der Waals surface area contributed by atoms with Gasteiger partial charge in [-0.3, -0.25) is 0 Å². The molecule has 314 valence electrons. The first-order chi connectivity index (χ1) is 30.6. The maximum atomic E-state index is 6.32. The maximum Gasteiger partial charge on any atom is 0.252 e. The van der Waals surface area contributed by atoms with Crippen molar-refractivity contribution in [3.63, 3.8) is 0 Å². The van der Waals surface area contributed by atoms with Gasteiger partial charge in [0.1, 0.15) is 11.2 Å². The Labute approximate surface area is 379 Å². The highest BCUT2D eigenvalue weighted by Gasteiger charge is 2.45. The molecule has 4 heteroatoms. The summed E-state index contributed by atoms with van der Waals surface area (Å²) in [5, 5.41) is 2.30. The molecule has 11 rings (SSSR count). The minimum Gasteiger partial charge on any atom is -0.456 e. The van der Waals surface area contributed by atoms with Gasteiger partial charge < -0.3 is 14.2 Å². The third kappa shape index (κ3) is 6.49. The van der Waals surface area contributed by atoms with E-state index in [1.54, 1.807) is 0 Å². The Balaban J connectivity index is 1.17. The predicted molar refractivity (Wildman–Crippen MR) is 275 cm³/mol. The zero-order chi connectivity index (χ0) is 44.3. The van der Waals surface area contributed by atoms with Crippen LogP contribution in [0.3, 0.4) is 0 Å². The minimum absolute atomic E-state index is 0.0281. The van der Waals surface area contributed by atoms with Crippen molar-refractivity contribution in [2.45, 2.75) is 78.6 Å². The van der Waals surface area contributed by atoms with Crippen molar-refractivity contribution in [3.8, 4) is 22.3 Å². The van der Waals surface area contributed by atoms with E-state index in [0.29, 0.717) is 0 Å². The van der Waals surface area contributed by atoms with Crippen LogP contribution in [-0.2, 0) is 16.2 Å². The number of hydrogen-bond acceptors (Lipinski definition) is 3. The number of nitrogens with zero attached hydrogens (tertiary/aromatic N) is 2. The molecule has 0 amide bonds. The molecule has 0 aliphatic carbocycles.